The number of furan rings is 2. The first-order chi connectivity index (χ1) is 73.8. The molecule has 0 saturated carbocycles. The quantitative estimate of drug-likeness (QED) is 0.0860. The van der Waals surface area contributed by atoms with Crippen LogP contribution in [0.15, 0.2) is 537 Å². The van der Waals surface area contributed by atoms with Crippen LogP contribution in [0.1, 0.15) is 0 Å². The predicted octanol–water partition coefficient (Wildman–Crippen LogP) is 36.4. The van der Waals surface area contributed by atoms with Crippen molar-refractivity contribution in [1.29, 1.82) is 0 Å². The van der Waals surface area contributed by atoms with Gasteiger partial charge in [-0.1, -0.05) is 437 Å². The lowest BCUT2D eigenvalue weighted by molar-refractivity contribution is 0.668. The highest BCUT2D eigenvalue weighted by Crippen LogP contribution is 2.47. The summed E-state index contributed by atoms with van der Waals surface area (Å²) in [7, 11) is 0. The van der Waals surface area contributed by atoms with Crippen LogP contribution >= 0.6 is 11.3 Å². The second-order valence-corrected chi connectivity index (χ2v) is 38.1. The Bertz CT molecular complexity index is 9470. The third-order valence-electron chi connectivity index (χ3n) is 27.6. The van der Waals surface area contributed by atoms with E-state index in [2.05, 4.69) is 382 Å². The van der Waals surface area contributed by atoms with Gasteiger partial charge >= 0.3 is 0 Å². The number of hydrogen-bond donors (Lipinski definition) is 0. The standard InChI is InChI=1S/C49H31N3O.C49H31N3S.C39H25N3O/c2*1-3-12-32(13-4-1)34-22-25-36(26-23-34)48-50-47(35-15-5-2-6-16-35)51-49(52-48)41-30-39(38-27-24-33-14-7-8-17-37(33)28-38)29-40(31-41)42-19-11-21-45-46(42)43-18-9-10-20-44(43)53-45;1-3-11-26(12-4-1)27-21-23-29(24-22-27)38-40-37(28-13-5-2-6-14-28)41-39(42-38)31-16-9-15-30(25-31)32-18-10-20-35-36(32)33-17-7-8-19-34(33)43-35/h2*1-31H;1-25H. The molecule has 6 aromatic heterocycles. The molecule has 0 aliphatic carbocycles. The highest BCUT2D eigenvalue weighted by Gasteiger charge is 2.24. The van der Waals surface area contributed by atoms with Gasteiger partial charge in [-0.05, 0) is 202 Å². The Hall–Kier alpha value is -19.8. The van der Waals surface area contributed by atoms with Gasteiger partial charge in [-0.25, -0.2) is 44.9 Å². The smallest absolute Gasteiger partial charge is 0.164 e. The summed E-state index contributed by atoms with van der Waals surface area (Å²) >= 11 is 1.84. The third kappa shape index (κ3) is 18.2. The first-order valence-electron chi connectivity index (χ1n) is 49.8. The molecule has 698 valence electrons. The van der Waals surface area contributed by atoms with Crippen molar-refractivity contribution in [3.05, 3.63) is 528 Å². The molecule has 0 atom stereocenters. The molecule has 6 heterocycles. The summed E-state index contributed by atoms with van der Waals surface area (Å²) in [5, 5.41) is 11.7. The van der Waals surface area contributed by atoms with Gasteiger partial charge in [0, 0.05) is 91.8 Å². The molecular formula is C137H87N9O2S. The molecule has 0 bridgehead atoms. The van der Waals surface area contributed by atoms with Gasteiger partial charge in [0.15, 0.2) is 52.4 Å². The lowest BCUT2D eigenvalue weighted by Gasteiger charge is -2.14. The van der Waals surface area contributed by atoms with Crippen molar-refractivity contribution in [3.63, 3.8) is 0 Å². The molecule has 22 aromatic carbocycles. The van der Waals surface area contributed by atoms with Gasteiger partial charge in [-0.3, -0.25) is 0 Å². The van der Waals surface area contributed by atoms with Crippen molar-refractivity contribution in [1.82, 2.24) is 44.9 Å². The highest BCUT2D eigenvalue weighted by atomic mass is 32.1. The first kappa shape index (κ1) is 89.3. The van der Waals surface area contributed by atoms with Gasteiger partial charge < -0.3 is 8.83 Å². The largest absolute Gasteiger partial charge is 0.456 e. The van der Waals surface area contributed by atoms with E-state index in [1.54, 1.807) is 0 Å². The predicted molar refractivity (Wildman–Crippen MR) is 614 cm³/mol. The lowest BCUT2D eigenvalue weighted by atomic mass is 9.92. The zero-order valence-corrected chi connectivity index (χ0v) is 81.3. The SMILES string of the molecule is c1ccc(-c2ccc(-c3nc(-c4ccccc4)nc(-c4cc(-c5ccc6ccccc6c5)cc(-c5cccc6oc7ccccc7c56)c4)n3)cc2)cc1.c1ccc(-c2ccc(-c3nc(-c4ccccc4)nc(-c4cc(-c5ccc6ccccc6c5)cc(-c5cccc6sc7ccccc7c56)c4)n3)cc2)cc1.c1ccc(-c2ccc(-c3nc(-c4ccccc4)nc(-c4cccc(-c5cccc6oc7ccccc7c56)c4)n3)cc2)cc1. The summed E-state index contributed by atoms with van der Waals surface area (Å²) in [6, 6.07) is 183. The number of rotatable bonds is 17. The van der Waals surface area contributed by atoms with Crippen LogP contribution in [0.2, 0.25) is 0 Å². The molecule has 11 nitrogen and oxygen atoms in total. The van der Waals surface area contributed by atoms with Crippen LogP contribution < -0.4 is 0 Å². The molecule has 0 amide bonds. The van der Waals surface area contributed by atoms with Crippen LogP contribution in [-0.4, -0.2) is 44.9 Å². The number of para-hydroxylation sites is 2. The summed E-state index contributed by atoms with van der Waals surface area (Å²) in [6.07, 6.45) is 0. The second-order valence-electron chi connectivity index (χ2n) is 37.0. The van der Waals surface area contributed by atoms with Crippen LogP contribution in [0.25, 0.3) is 277 Å². The van der Waals surface area contributed by atoms with Crippen molar-refractivity contribution in [2.24, 2.45) is 0 Å². The zero-order valence-electron chi connectivity index (χ0n) is 80.5. The average Bonchev–Trinajstić information content (AvgIpc) is 1.62. The summed E-state index contributed by atoms with van der Waals surface area (Å²) in [4.78, 5) is 45.6. The van der Waals surface area contributed by atoms with Crippen molar-refractivity contribution in [2.45, 2.75) is 0 Å². The number of nitrogens with zero attached hydrogens (tertiary/aromatic N) is 9. The lowest BCUT2D eigenvalue weighted by Crippen LogP contribution is -2.00. The molecule has 12 heteroatoms. The number of benzene rings is 22. The molecule has 0 fully saturated rings. The molecule has 0 aliphatic heterocycles. The molecule has 0 saturated heterocycles. The van der Waals surface area contributed by atoms with E-state index < -0.39 is 0 Å². The molecule has 0 spiro atoms. The minimum Gasteiger partial charge on any atom is -0.456 e. The third-order valence-corrected chi connectivity index (χ3v) is 28.7. The van der Waals surface area contributed by atoms with E-state index in [0.717, 1.165) is 161 Å². The monoisotopic (exact) mass is 1920 g/mol. The molecule has 28 aromatic rings. The Morgan fingerprint density at radius 2 is 0.369 bits per heavy atom. The topological polar surface area (TPSA) is 142 Å². The zero-order chi connectivity index (χ0) is 98.9. The minimum atomic E-state index is 0.606. The fourth-order valence-corrected chi connectivity index (χ4v) is 21.3. The van der Waals surface area contributed by atoms with Gasteiger partial charge in [0.05, 0.1) is 0 Å². The van der Waals surface area contributed by atoms with Crippen LogP contribution in [0.4, 0.5) is 0 Å². The molecule has 0 N–H and O–H groups in total. The molecule has 0 aliphatic rings. The van der Waals surface area contributed by atoms with E-state index in [1.807, 2.05) is 157 Å². The van der Waals surface area contributed by atoms with E-state index >= 15 is 0 Å². The van der Waals surface area contributed by atoms with Gasteiger partial charge in [-0.2, -0.15) is 0 Å². The summed E-state index contributed by atoms with van der Waals surface area (Å²) in [6.45, 7) is 0. The fraction of sp³-hybridized carbons (Fsp3) is 0. The van der Waals surface area contributed by atoms with E-state index in [-0.39, 0.29) is 0 Å². The summed E-state index contributed by atoms with van der Waals surface area (Å²) < 4.78 is 15.0. The van der Waals surface area contributed by atoms with Crippen LogP contribution in [0.3, 0.4) is 0 Å². The fourth-order valence-electron chi connectivity index (χ4n) is 20.1. The van der Waals surface area contributed by atoms with Gasteiger partial charge in [0.1, 0.15) is 22.3 Å². The molecule has 149 heavy (non-hydrogen) atoms. The summed E-state index contributed by atoms with van der Waals surface area (Å²) in [5.41, 5.74) is 29.9. The molecule has 0 unspecified atom stereocenters. The summed E-state index contributed by atoms with van der Waals surface area (Å²) in [5.74, 6) is 5.66. The number of fused-ring (bicyclic) bond motifs is 11. The van der Waals surface area contributed by atoms with Crippen LogP contribution in [-0.2, 0) is 0 Å². The maximum atomic E-state index is 6.33. The Kier molecular flexibility index (Phi) is 23.7. The Labute approximate surface area is 863 Å². The Balaban J connectivity index is 0.000000114. The second kappa shape index (κ2) is 39.5. The van der Waals surface area contributed by atoms with Crippen molar-refractivity contribution in [2.75, 3.05) is 0 Å². The minimum absolute atomic E-state index is 0.606. The number of hydrogen-bond acceptors (Lipinski definition) is 12. The first-order valence-corrected chi connectivity index (χ1v) is 50.6. The van der Waals surface area contributed by atoms with E-state index in [0.29, 0.717) is 52.4 Å². The van der Waals surface area contributed by atoms with Crippen molar-refractivity contribution in [3.8, 4) is 192 Å². The number of thiophene rings is 1. The van der Waals surface area contributed by atoms with E-state index in [1.165, 1.54) is 64.0 Å². The van der Waals surface area contributed by atoms with Crippen LogP contribution in [0.5, 0.6) is 0 Å². The van der Waals surface area contributed by atoms with Gasteiger partial charge in [0.2, 0.25) is 0 Å². The molecule has 28 rings (SSSR count). The maximum Gasteiger partial charge on any atom is 0.164 e. The van der Waals surface area contributed by atoms with Gasteiger partial charge in [-0.15, -0.1) is 11.3 Å². The Morgan fingerprint density at radius 3 is 0.772 bits per heavy atom. The van der Waals surface area contributed by atoms with E-state index in [4.69, 9.17) is 53.7 Å². The van der Waals surface area contributed by atoms with Crippen molar-refractivity contribution >= 4 is 96.9 Å². The van der Waals surface area contributed by atoms with Gasteiger partial charge in [0.25, 0.3) is 0 Å². The van der Waals surface area contributed by atoms with E-state index in [9.17, 15) is 0 Å². The van der Waals surface area contributed by atoms with Crippen molar-refractivity contribution < 1.29 is 8.83 Å². The molecular weight excluding hydrogens is 1840 g/mol. The molecule has 0 radical (unpaired) electrons. The van der Waals surface area contributed by atoms with Crippen LogP contribution in [0, 0.1) is 0 Å². The average molecular weight is 1920 g/mol. The maximum absolute atomic E-state index is 6.33. The number of aromatic nitrogens is 9. The Morgan fingerprint density at radius 1 is 0.128 bits per heavy atom. The normalized spacial score (nSPS) is 11.4. The highest BCUT2D eigenvalue weighted by molar-refractivity contribution is 7.26.